The maximum absolute atomic E-state index is 4.05. The highest BCUT2D eigenvalue weighted by atomic mass is 32.2. The Balaban J connectivity index is 2.08. The van der Waals surface area contributed by atoms with Gasteiger partial charge in [0.25, 0.3) is 0 Å². The second-order valence-corrected chi connectivity index (χ2v) is 2.06. The van der Waals surface area contributed by atoms with Gasteiger partial charge in [0.15, 0.2) is 0 Å². The van der Waals surface area contributed by atoms with Gasteiger partial charge in [0.2, 0.25) is 0 Å². The third kappa shape index (κ3) is 0.816. The lowest BCUT2D eigenvalue weighted by atomic mass is 10.8. The molecule has 1 fully saturated rings. The minimum absolute atomic E-state index is 1.04. The molecule has 1 nitrogen and oxygen atoms in total. The molecule has 0 bridgehead atoms. The van der Waals surface area contributed by atoms with Crippen LogP contribution in [0.2, 0.25) is 0 Å². The van der Waals surface area contributed by atoms with Crippen molar-refractivity contribution in [2.45, 2.75) is 0 Å². The molecule has 0 aromatic heterocycles. The molecular formula is C3H6NS-. The van der Waals surface area contributed by atoms with Crippen molar-refractivity contribution in [2.75, 3.05) is 18.2 Å². The molecule has 1 rings (SSSR count). The van der Waals surface area contributed by atoms with Crippen LogP contribution in [0.15, 0.2) is 0 Å². The molecule has 0 amide bonds. The largest absolute Gasteiger partial charge is 0.653 e. The highest BCUT2D eigenvalue weighted by Gasteiger charge is 1.80. The monoisotopic (exact) mass is 88.0 g/mol. The van der Waals surface area contributed by atoms with Crippen molar-refractivity contribution < 1.29 is 0 Å². The first-order chi connectivity index (χ1) is 2.50. The molecule has 2 heteroatoms. The van der Waals surface area contributed by atoms with Crippen LogP contribution in [-0.4, -0.2) is 18.2 Å². The summed E-state index contributed by atoms with van der Waals surface area (Å²) in [4.78, 5) is 0. The minimum Gasteiger partial charge on any atom is -0.653 e. The number of thioether (sulfide) groups is 1. The van der Waals surface area contributed by atoms with Crippen LogP contribution < -0.4 is 0 Å². The molecule has 0 aliphatic carbocycles. The van der Waals surface area contributed by atoms with Gasteiger partial charge in [0, 0.05) is 0 Å². The zero-order valence-corrected chi connectivity index (χ0v) is 3.79. The molecule has 0 aromatic rings. The van der Waals surface area contributed by atoms with Gasteiger partial charge in [0.05, 0.1) is 0 Å². The summed E-state index contributed by atoms with van der Waals surface area (Å²) in [5.41, 5.74) is 0. The van der Waals surface area contributed by atoms with E-state index in [9.17, 15) is 0 Å². The first kappa shape index (κ1) is 3.50. The summed E-state index contributed by atoms with van der Waals surface area (Å²) in [6.07, 6.45) is 0. The van der Waals surface area contributed by atoms with Crippen molar-refractivity contribution in [3.63, 3.8) is 0 Å². The lowest BCUT2D eigenvalue weighted by molar-refractivity contribution is 1.31. The van der Waals surface area contributed by atoms with E-state index < -0.39 is 0 Å². The third-order valence-corrected chi connectivity index (χ3v) is 1.41. The average molecular weight is 88.2 g/mol. The van der Waals surface area contributed by atoms with Gasteiger partial charge >= 0.3 is 0 Å². The van der Waals surface area contributed by atoms with Crippen LogP contribution in [0.25, 0.3) is 5.32 Å². The Labute approximate surface area is 36.1 Å². The Morgan fingerprint density at radius 2 is 2.60 bits per heavy atom. The van der Waals surface area contributed by atoms with Crippen LogP contribution in [0, 0.1) is 0 Å². The maximum Gasteiger partial charge on any atom is -0.0273 e. The topological polar surface area (TPSA) is 14.1 Å². The fourth-order valence-electron chi connectivity index (χ4n) is 0.323. The lowest BCUT2D eigenvalue weighted by Crippen LogP contribution is -1.69. The van der Waals surface area contributed by atoms with Crippen molar-refractivity contribution in [2.24, 2.45) is 0 Å². The predicted octanol–water partition coefficient (Wildman–Crippen LogP) is 1.06. The first-order valence-corrected chi connectivity index (χ1v) is 2.86. The Kier molecular flexibility index (Phi) is 1.17. The molecule has 0 radical (unpaired) electrons. The normalized spacial score (nSPS) is 24.0. The maximum atomic E-state index is 4.05. The molecule has 0 saturated carbocycles. The van der Waals surface area contributed by atoms with Gasteiger partial charge in [-0.25, -0.2) is 0 Å². The van der Waals surface area contributed by atoms with E-state index in [1.54, 1.807) is 0 Å². The van der Waals surface area contributed by atoms with Gasteiger partial charge in [-0.2, -0.15) is 11.8 Å². The SMILES string of the molecule is C1CSC[N-]1. The summed E-state index contributed by atoms with van der Waals surface area (Å²) in [6, 6.07) is 0. The van der Waals surface area contributed by atoms with Gasteiger partial charge in [-0.05, 0) is 5.75 Å². The van der Waals surface area contributed by atoms with Crippen LogP contribution in [0.4, 0.5) is 0 Å². The molecule has 30 valence electrons. The molecule has 5 heavy (non-hydrogen) atoms. The molecule has 0 spiro atoms. The zero-order chi connectivity index (χ0) is 3.54. The fraction of sp³-hybridized carbons (Fsp3) is 1.00. The van der Waals surface area contributed by atoms with Crippen molar-refractivity contribution in [1.29, 1.82) is 0 Å². The molecule has 1 heterocycles. The van der Waals surface area contributed by atoms with E-state index in [2.05, 4.69) is 5.32 Å². The predicted molar refractivity (Wildman–Crippen MR) is 25.6 cm³/mol. The van der Waals surface area contributed by atoms with Crippen LogP contribution in [-0.2, 0) is 0 Å². The van der Waals surface area contributed by atoms with E-state index in [4.69, 9.17) is 0 Å². The summed E-state index contributed by atoms with van der Waals surface area (Å²) < 4.78 is 0. The van der Waals surface area contributed by atoms with Crippen LogP contribution in [0.3, 0.4) is 0 Å². The summed E-state index contributed by atoms with van der Waals surface area (Å²) in [7, 11) is 0. The average Bonchev–Trinajstić information content (AvgIpc) is 1.76. The molecule has 1 aliphatic rings. The molecule has 1 aliphatic heterocycles. The quantitative estimate of drug-likeness (QED) is 0.432. The molecule has 0 aromatic carbocycles. The zero-order valence-electron chi connectivity index (χ0n) is 2.98. The molecule has 0 N–H and O–H groups in total. The molecule has 0 atom stereocenters. The van der Waals surface area contributed by atoms with Gasteiger partial charge in [0.1, 0.15) is 0 Å². The Hall–Kier alpha value is 0.310. The summed E-state index contributed by atoms with van der Waals surface area (Å²) in [5.74, 6) is 2.29. The second-order valence-electron chi connectivity index (χ2n) is 0.985. The summed E-state index contributed by atoms with van der Waals surface area (Å²) >= 11 is 1.91. The van der Waals surface area contributed by atoms with Crippen molar-refractivity contribution in [3.8, 4) is 0 Å². The lowest BCUT2D eigenvalue weighted by Gasteiger charge is -1.98. The Morgan fingerprint density at radius 3 is 2.80 bits per heavy atom. The Morgan fingerprint density at radius 1 is 1.60 bits per heavy atom. The summed E-state index contributed by atoms with van der Waals surface area (Å²) in [5, 5.41) is 4.05. The minimum atomic E-state index is 1.04. The fourth-order valence-corrected chi connectivity index (χ4v) is 0.968. The number of rotatable bonds is 0. The van der Waals surface area contributed by atoms with Gasteiger partial charge < -0.3 is 5.32 Å². The number of hydrogen-bond donors (Lipinski definition) is 0. The van der Waals surface area contributed by atoms with E-state index >= 15 is 0 Å². The van der Waals surface area contributed by atoms with Crippen molar-refractivity contribution in [1.82, 2.24) is 0 Å². The molecule has 0 unspecified atom stereocenters. The van der Waals surface area contributed by atoms with Crippen molar-refractivity contribution in [3.05, 3.63) is 5.32 Å². The molecular weight excluding hydrogens is 82.1 g/mol. The van der Waals surface area contributed by atoms with Gasteiger partial charge in [-0.1, -0.05) is 0 Å². The van der Waals surface area contributed by atoms with E-state index in [1.165, 1.54) is 5.75 Å². The van der Waals surface area contributed by atoms with Gasteiger partial charge in [-0.15, -0.1) is 12.4 Å². The van der Waals surface area contributed by atoms with Gasteiger partial charge in [-0.3, -0.25) is 0 Å². The third-order valence-electron chi connectivity index (χ3n) is 0.576. The van der Waals surface area contributed by atoms with Crippen LogP contribution in [0.5, 0.6) is 0 Å². The first-order valence-electron chi connectivity index (χ1n) is 1.71. The van der Waals surface area contributed by atoms with E-state index in [1.807, 2.05) is 11.8 Å². The van der Waals surface area contributed by atoms with E-state index in [0.29, 0.717) is 0 Å². The van der Waals surface area contributed by atoms with Crippen LogP contribution >= 0.6 is 11.8 Å². The smallest absolute Gasteiger partial charge is 0.0273 e. The summed E-state index contributed by atoms with van der Waals surface area (Å²) in [6.45, 7) is 1.09. The molecule has 1 saturated heterocycles. The highest BCUT2D eigenvalue weighted by Crippen LogP contribution is 2.12. The highest BCUT2D eigenvalue weighted by molar-refractivity contribution is 7.99. The van der Waals surface area contributed by atoms with E-state index in [-0.39, 0.29) is 0 Å². The van der Waals surface area contributed by atoms with Crippen molar-refractivity contribution >= 4 is 11.8 Å². The standard InChI is InChI=1S/C3H6NS/c1-2-5-3-4-1/h1-3H2/q-1. The Bertz CT molecular complexity index is 18.5. The van der Waals surface area contributed by atoms with E-state index in [0.717, 1.165) is 12.4 Å². The second kappa shape index (κ2) is 1.67. The number of nitrogens with zero attached hydrogens (tertiary/aromatic N) is 1. The van der Waals surface area contributed by atoms with Crippen LogP contribution in [0.1, 0.15) is 0 Å². The number of hydrogen-bond acceptors (Lipinski definition) is 1.